The lowest BCUT2D eigenvalue weighted by atomic mass is 10.1. The summed E-state index contributed by atoms with van der Waals surface area (Å²) >= 11 is 12.0. The highest BCUT2D eigenvalue weighted by atomic mass is 35.5. The molecule has 0 radical (unpaired) electrons. The van der Waals surface area contributed by atoms with Crippen molar-refractivity contribution in [3.05, 3.63) is 39.6 Å². The number of nitrogens with one attached hydrogen (secondary N) is 1. The second kappa shape index (κ2) is 5.04. The van der Waals surface area contributed by atoms with Crippen molar-refractivity contribution in [3.63, 3.8) is 0 Å². The van der Waals surface area contributed by atoms with E-state index in [1.165, 1.54) is 0 Å². The van der Waals surface area contributed by atoms with Gasteiger partial charge in [0.05, 0.1) is 32.5 Å². The smallest absolute Gasteiger partial charge is 0.140 e. The molecule has 0 spiro atoms. The van der Waals surface area contributed by atoms with Crippen LogP contribution in [0.3, 0.4) is 0 Å². The van der Waals surface area contributed by atoms with Crippen molar-refractivity contribution < 1.29 is 0 Å². The predicted octanol–water partition coefficient (Wildman–Crippen LogP) is 4.20. The molecule has 1 N–H and O–H groups in total. The van der Waals surface area contributed by atoms with Crippen molar-refractivity contribution in [1.82, 2.24) is 20.2 Å². The minimum absolute atomic E-state index is 0.497. The van der Waals surface area contributed by atoms with Crippen molar-refractivity contribution in [1.29, 1.82) is 0 Å². The van der Waals surface area contributed by atoms with Gasteiger partial charge in [-0.25, -0.2) is 4.98 Å². The van der Waals surface area contributed by atoms with E-state index >= 15 is 0 Å². The molecular formula is C14H12Cl2N4. The van der Waals surface area contributed by atoms with E-state index < -0.39 is 0 Å². The molecular weight excluding hydrogens is 295 g/mol. The van der Waals surface area contributed by atoms with E-state index in [0.29, 0.717) is 10.0 Å². The van der Waals surface area contributed by atoms with E-state index in [1.807, 2.05) is 19.9 Å². The maximum atomic E-state index is 6.02. The molecule has 0 amide bonds. The largest absolute Gasteiger partial charge is 0.338 e. The molecule has 20 heavy (non-hydrogen) atoms. The summed E-state index contributed by atoms with van der Waals surface area (Å²) in [6.45, 7) is 3.95. The average molecular weight is 307 g/mol. The van der Waals surface area contributed by atoms with Crippen LogP contribution in [0.15, 0.2) is 18.2 Å². The lowest BCUT2D eigenvalue weighted by molar-refractivity contribution is 0.893. The third kappa shape index (κ3) is 2.25. The van der Waals surface area contributed by atoms with E-state index in [9.17, 15) is 0 Å². The number of fused-ring (bicyclic) bond motifs is 1. The maximum absolute atomic E-state index is 6.02. The van der Waals surface area contributed by atoms with Crippen LogP contribution < -0.4 is 0 Å². The van der Waals surface area contributed by atoms with Gasteiger partial charge in [0, 0.05) is 5.56 Å². The van der Waals surface area contributed by atoms with Crippen molar-refractivity contribution in [2.24, 2.45) is 0 Å². The quantitative estimate of drug-likeness (QED) is 0.772. The van der Waals surface area contributed by atoms with Crippen molar-refractivity contribution in [2.75, 3.05) is 0 Å². The Kier molecular flexibility index (Phi) is 3.36. The maximum Gasteiger partial charge on any atom is 0.140 e. The van der Waals surface area contributed by atoms with E-state index in [0.717, 1.165) is 40.2 Å². The summed E-state index contributed by atoms with van der Waals surface area (Å²) in [5.74, 6) is 0.758. The molecule has 0 bridgehead atoms. The minimum Gasteiger partial charge on any atom is -0.338 e. The van der Waals surface area contributed by atoms with Gasteiger partial charge in [-0.05, 0) is 31.5 Å². The zero-order valence-electron chi connectivity index (χ0n) is 11.0. The molecule has 0 atom stereocenters. The van der Waals surface area contributed by atoms with Gasteiger partial charge in [0.2, 0.25) is 0 Å². The predicted molar refractivity (Wildman–Crippen MR) is 81.3 cm³/mol. The van der Waals surface area contributed by atoms with Gasteiger partial charge in [-0.3, -0.25) is 0 Å². The van der Waals surface area contributed by atoms with E-state index in [4.69, 9.17) is 23.2 Å². The van der Waals surface area contributed by atoms with E-state index in [1.54, 1.807) is 12.1 Å². The van der Waals surface area contributed by atoms with E-state index in [2.05, 4.69) is 20.2 Å². The molecule has 3 rings (SSSR count). The lowest BCUT2D eigenvalue weighted by Gasteiger charge is -2.03. The minimum atomic E-state index is 0.497. The number of benzene rings is 1. The topological polar surface area (TPSA) is 54.5 Å². The molecule has 4 nitrogen and oxygen atoms in total. The van der Waals surface area contributed by atoms with Crippen molar-refractivity contribution >= 4 is 34.2 Å². The first kappa shape index (κ1) is 13.3. The Balaban J connectivity index is 2.22. The fourth-order valence-corrected chi connectivity index (χ4v) is 2.43. The van der Waals surface area contributed by atoms with Gasteiger partial charge in [-0.15, -0.1) is 0 Å². The summed E-state index contributed by atoms with van der Waals surface area (Å²) in [6.07, 6.45) is 0.793. The first-order chi connectivity index (χ1) is 9.58. The average Bonchev–Trinajstić information content (AvgIpc) is 2.82. The standard InChI is InChI=1S/C14H12Cl2N4/c1-3-11-8(4-7(2)19-20-11)14-17-12-5-9(15)10(16)6-13(12)18-14/h4-6H,3H2,1-2H3,(H,17,18). The van der Waals surface area contributed by atoms with Crippen LogP contribution in [0.4, 0.5) is 0 Å². The van der Waals surface area contributed by atoms with Gasteiger partial charge in [0.25, 0.3) is 0 Å². The number of H-pyrrole nitrogens is 1. The van der Waals surface area contributed by atoms with E-state index in [-0.39, 0.29) is 0 Å². The zero-order chi connectivity index (χ0) is 14.3. The van der Waals surface area contributed by atoms with Crippen LogP contribution in [0.25, 0.3) is 22.4 Å². The van der Waals surface area contributed by atoms with Gasteiger partial charge in [-0.2, -0.15) is 10.2 Å². The molecule has 1 aromatic carbocycles. The number of aryl methyl sites for hydroxylation is 2. The molecule has 3 aromatic rings. The number of imidazole rings is 1. The van der Waals surface area contributed by atoms with Gasteiger partial charge in [0.15, 0.2) is 0 Å². The highest BCUT2D eigenvalue weighted by Gasteiger charge is 2.12. The van der Waals surface area contributed by atoms with Gasteiger partial charge < -0.3 is 4.98 Å². The lowest BCUT2D eigenvalue weighted by Crippen LogP contribution is -1.98. The Morgan fingerprint density at radius 1 is 1.10 bits per heavy atom. The SMILES string of the molecule is CCc1nnc(C)cc1-c1nc2cc(Cl)c(Cl)cc2[nH]1. The molecule has 0 saturated carbocycles. The summed E-state index contributed by atoms with van der Waals surface area (Å²) in [6, 6.07) is 5.52. The zero-order valence-corrected chi connectivity index (χ0v) is 12.5. The summed E-state index contributed by atoms with van der Waals surface area (Å²) in [7, 11) is 0. The Bertz CT molecular complexity index is 756. The van der Waals surface area contributed by atoms with Crippen LogP contribution in [0, 0.1) is 6.92 Å². The second-order valence-corrected chi connectivity index (χ2v) is 5.38. The summed E-state index contributed by atoms with van der Waals surface area (Å²) < 4.78 is 0. The van der Waals surface area contributed by atoms with Crippen molar-refractivity contribution in [2.45, 2.75) is 20.3 Å². The van der Waals surface area contributed by atoms with Crippen molar-refractivity contribution in [3.8, 4) is 11.4 Å². The van der Waals surface area contributed by atoms with Crippen LogP contribution in [0.2, 0.25) is 10.0 Å². The fraction of sp³-hybridized carbons (Fsp3) is 0.214. The Morgan fingerprint density at radius 3 is 2.60 bits per heavy atom. The number of hydrogen-bond acceptors (Lipinski definition) is 3. The van der Waals surface area contributed by atoms with Crippen LogP contribution in [0.1, 0.15) is 18.3 Å². The van der Waals surface area contributed by atoms with Crippen LogP contribution in [-0.2, 0) is 6.42 Å². The van der Waals surface area contributed by atoms with Crippen LogP contribution in [0.5, 0.6) is 0 Å². The number of aromatic amines is 1. The monoisotopic (exact) mass is 306 g/mol. The highest BCUT2D eigenvalue weighted by Crippen LogP contribution is 2.29. The molecule has 0 saturated heterocycles. The normalized spacial score (nSPS) is 11.2. The fourth-order valence-electron chi connectivity index (χ4n) is 2.11. The molecule has 0 aliphatic rings. The molecule has 0 aliphatic heterocycles. The molecule has 2 heterocycles. The first-order valence-corrected chi connectivity index (χ1v) is 7.02. The Hall–Kier alpha value is -1.65. The molecule has 6 heteroatoms. The Morgan fingerprint density at radius 2 is 1.85 bits per heavy atom. The second-order valence-electron chi connectivity index (χ2n) is 4.57. The van der Waals surface area contributed by atoms with Gasteiger partial charge >= 0.3 is 0 Å². The van der Waals surface area contributed by atoms with Gasteiger partial charge in [0.1, 0.15) is 5.82 Å². The van der Waals surface area contributed by atoms with Gasteiger partial charge in [-0.1, -0.05) is 30.1 Å². The summed E-state index contributed by atoms with van der Waals surface area (Å²) in [4.78, 5) is 7.83. The third-order valence-electron chi connectivity index (χ3n) is 3.11. The molecule has 102 valence electrons. The first-order valence-electron chi connectivity index (χ1n) is 6.27. The summed E-state index contributed by atoms with van der Waals surface area (Å²) in [5.41, 5.74) is 4.36. The number of aromatic nitrogens is 4. The molecule has 2 aromatic heterocycles. The number of hydrogen-bond donors (Lipinski definition) is 1. The van der Waals surface area contributed by atoms with Crippen LogP contribution >= 0.6 is 23.2 Å². The summed E-state index contributed by atoms with van der Waals surface area (Å²) in [5, 5.41) is 9.31. The van der Waals surface area contributed by atoms with Crippen LogP contribution in [-0.4, -0.2) is 20.2 Å². The Labute approximate surface area is 126 Å². The third-order valence-corrected chi connectivity index (χ3v) is 3.83. The highest BCUT2D eigenvalue weighted by molar-refractivity contribution is 6.42. The number of halogens is 2. The number of nitrogens with zero attached hydrogens (tertiary/aromatic N) is 3. The molecule has 0 unspecified atom stereocenters. The molecule has 0 fully saturated rings. The molecule has 0 aliphatic carbocycles. The number of rotatable bonds is 2.